The molecule has 2 aliphatic rings. The number of hydrogen-bond donors (Lipinski definition) is 7. The summed E-state index contributed by atoms with van der Waals surface area (Å²) in [6.45, 7) is 55.9. The predicted octanol–water partition coefficient (Wildman–Crippen LogP) is 11.0. The molecule has 0 bridgehead atoms. The molecule has 2 fully saturated rings. The van der Waals surface area contributed by atoms with Crippen molar-refractivity contribution in [2.45, 2.75) is 187 Å². The first-order valence-electron chi connectivity index (χ1n) is 43.6. The van der Waals surface area contributed by atoms with Gasteiger partial charge in [0.2, 0.25) is 37.8 Å². The molecular weight excluding hydrogens is 1750 g/mol. The molecule has 0 radical (unpaired) electrons. The quantitative estimate of drug-likeness (QED) is 0.0282. The van der Waals surface area contributed by atoms with Crippen molar-refractivity contribution in [3.8, 4) is 82.9 Å². The van der Waals surface area contributed by atoms with E-state index in [1.165, 1.54) is 35.4 Å². The second-order valence-electron chi connectivity index (χ2n) is 39.0. The Bertz CT molecular complexity index is 5410. The lowest BCUT2D eigenvalue weighted by molar-refractivity contribution is -0.122. The van der Waals surface area contributed by atoms with Crippen LogP contribution in [0.4, 0.5) is 0 Å². The molecule has 2 saturated heterocycles. The van der Waals surface area contributed by atoms with E-state index < -0.39 is 51.4 Å². The van der Waals surface area contributed by atoms with Gasteiger partial charge >= 0.3 is 0 Å². The van der Waals surface area contributed by atoms with Crippen LogP contribution in [0, 0.1) is 128 Å². The largest absolute Gasteiger partial charge is 0.379 e. The number of hydrogen-bond acceptors (Lipinski definition) is 19. The summed E-state index contributed by atoms with van der Waals surface area (Å²) in [6.07, 6.45) is 5.83. The summed E-state index contributed by atoms with van der Waals surface area (Å²) in [6, 6.07) is 30.9. The van der Waals surface area contributed by atoms with Gasteiger partial charge in [0, 0.05) is 126 Å². The number of benzene rings is 4. The molecule has 3 heterocycles. The van der Waals surface area contributed by atoms with Crippen LogP contribution in [0.3, 0.4) is 0 Å². The molecule has 26 nitrogen and oxygen atoms in total. The Kier molecular flexibility index (Phi) is 52.7. The molecule has 4 aromatic carbocycles. The maximum absolute atomic E-state index is 12.1. The number of sulfonamides is 2. The van der Waals surface area contributed by atoms with Crippen molar-refractivity contribution < 1.29 is 62.4 Å². The Morgan fingerprint density at radius 2 is 0.712 bits per heavy atom. The SMILES string of the molecule is CC(C)(C)C#CCNC(=O)CS(C)(=O)=O.CC(C)(C)C#CCNC(=O)Cc1ccncc1.CC(C)(C)C#CCNC(=O)c1ccc(CN2CCOCC2)cc1.CC(C)(C)C#CCNS(=O)(=O)c1ccc(S(C)(=O)=O)cc1.CN(C)Cc1ccc(C(=O)NCC#CC(C)(C)C)cc1.CN1CCN(CC(=O)NCC#CC(C)(C)C)CC1.Cc1ccc(S(=O)(=O)NCC#CC(C)(C)C)cc1. The third-order valence-electron chi connectivity index (χ3n) is 16.5. The summed E-state index contributed by atoms with van der Waals surface area (Å²) >= 11 is 0. The molecule has 5 aromatic rings. The first-order chi connectivity index (χ1) is 60.8. The first-order valence-corrected chi connectivity index (χ1v) is 50.5. The average molecular weight is 1890 g/mol. The van der Waals surface area contributed by atoms with Gasteiger partial charge in [-0.3, -0.25) is 38.8 Å². The second-order valence-corrected chi connectivity index (χ2v) is 46.7. The fourth-order valence-corrected chi connectivity index (χ4v) is 13.3. The van der Waals surface area contributed by atoms with Gasteiger partial charge in [-0.05, 0) is 263 Å². The normalized spacial score (nSPS) is 13.1. The highest BCUT2D eigenvalue weighted by atomic mass is 32.2. The summed E-state index contributed by atoms with van der Waals surface area (Å²) in [7, 11) is -7.57. The van der Waals surface area contributed by atoms with Gasteiger partial charge in [-0.25, -0.2) is 33.7 Å². The van der Waals surface area contributed by atoms with Crippen LogP contribution < -0.4 is 36.0 Å². The molecule has 5 amide bonds. The zero-order valence-electron chi connectivity index (χ0n) is 83.3. The smallest absolute Gasteiger partial charge is 0.252 e. The molecule has 0 unspecified atom stereocenters. The maximum atomic E-state index is 12.1. The van der Waals surface area contributed by atoms with Crippen LogP contribution in [0.2, 0.25) is 0 Å². The molecule has 2 aliphatic heterocycles. The number of amides is 5. The van der Waals surface area contributed by atoms with Crippen molar-refractivity contribution >= 4 is 69.3 Å². The van der Waals surface area contributed by atoms with Gasteiger partial charge in [-0.2, -0.15) is 9.44 Å². The number of carbonyl (C=O) groups excluding carboxylic acids is 5. The Morgan fingerprint density at radius 3 is 1.06 bits per heavy atom. The Morgan fingerprint density at radius 1 is 0.386 bits per heavy atom. The van der Waals surface area contributed by atoms with E-state index in [9.17, 15) is 57.6 Å². The Balaban J connectivity index is 0.000000773. The molecule has 0 saturated carbocycles. The molecule has 7 N–H and O–H groups in total. The highest BCUT2D eigenvalue weighted by Crippen LogP contribution is 2.19. The molecular formula is C102H148N12O14S4. The number of ether oxygens (including phenoxy) is 1. The van der Waals surface area contributed by atoms with Gasteiger partial charge in [0.1, 0.15) is 5.75 Å². The van der Waals surface area contributed by atoms with Gasteiger partial charge in [0.05, 0.1) is 86.7 Å². The molecule has 7 rings (SSSR count). The Labute approximate surface area is 793 Å². The van der Waals surface area contributed by atoms with Crippen molar-refractivity contribution in [2.75, 3.05) is 144 Å². The van der Waals surface area contributed by atoms with Gasteiger partial charge in [-0.1, -0.05) is 125 Å². The van der Waals surface area contributed by atoms with Crippen molar-refractivity contribution in [2.24, 2.45) is 37.9 Å². The molecule has 132 heavy (non-hydrogen) atoms. The van der Waals surface area contributed by atoms with Gasteiger partial charge in [0.25, 0.3) is 11.8 Å². The zero-order valence-corrected chi connectivity index (χ0v) is 86.5. The minimum Gasteiger partial charge on any atom is -0.379 e. The number of piperazine rings is 1. The number of nitrogens with zero attached hydrogens (tertiary/aromatic N) is 5. The van der Waals surface area contributed by atoms with E-state index in [-0.39, 0.29) is 95.9 Å². The lowest BCUT2D eigenvalue weighted by Gasteiger charge is -2.31. The van der Waals surface area contributed by atoms with E-state index >= 15 is 0 Å². The fourth-order valence-electron chi connectivity index (χ4n) is 10.3. The van der Waals surface area contributed by atoms with Crippen LogP contribution >= 0.6 is 0 Å². The van der Waals surface area contributed by atoms with E-state index in [4.69, 9.17) is 4.74 Å². The molecule has 1 aromatic heterocycles. The minimum absolute atomic E-state index is 0.00216. The van der Waals surface area contributed by atoms with Crippen LogP contribution in [0.5, 0.6) is 0 Å². The predicted molar refractivity (Wildman–Crippen MR) is 533 cm³/mol. The third kappa shape index (κ3) is 65.4. The van der Waals surface area contributed by atoms with E-state index in [0.717, 1.165) is 89.2 Å². The number of sulfone groups is 2. The summed E-state index contributed by atoms with van der Waals surface area (Å²) in [4.78, 5) is 71.4. The molecule has 0 aliphatic carbocycles. The van der Waals surface area contributed by atoms with Gasteiger partial charge in [0.15, 0.2) is 19.7 Å². The van der Waals surface area contributed by atoms with E-state index in [1.807, 2.05) is 186 Å². The monoisotopic (exact) mass is 1890 g/mol. The minimum atomic E-state index is -3.69. The molecule has 724 valence electrons. The summed E-state index contributed by atoms with van der Waals surface area (Å²) in [5.41, 5.74) is 5.25. The van der Waals surface area contributed by atoms with E-state index in [0.29, 0.717) is 50.3 Å². The van der Waals surface area contributed by atoms with Crippen LogP contribution in [-0.4, -0.2) is 232 Å². The van der Waals surface area contributed by atoms with Crippen molar-refractivity contribution in [3.63, 3.8) is 0 Å². The van der Waals surface area contributed by atoms with Gasteiger partial charge in [-0.15, -0.1) is 0 Å². The van der Waals surface area contributed by atoms with E-state index in [1.54, 1.807) is 36.7 Å². The number of nitrogens with one attached hydrogen (secondary N) is 7. The summed E-state index contributed by atoms with van der Waals surface area (Å²) in [5.74, 6) is 40.3. The van der Waals surface area contributed by atoms with Crippen LogP contribution in [-0.2, 0) is 78.4 Å². The third-order valence-corrected chi connectivity index (χ3v) is 21.3. The first kappa shape index (κ1) is 120. The average Bonchev–Trinajstić information content (AvgIpc) is 0.826. The number of aryl methyl sites for hydroxylation is 1. The number of pyridine rings is 1. The van der Waals surface area contributed by atoms with Crippen LogP contribution in [0.1, 0.15) is 188 Å². The standard InChI is InChI=1S/C19H26N2O2.C17H24N2O.C14H25N3O.C14H18N2O.C14H19NO4S2.C14H19NO2S.C10H17NO3S/c1-19(2,3)9-4-10-20-18(22)17-7-5-16(6-8-17)15-21-11-13-23-14-12-21;1-17(2,3)11-6-12-18-16(20)15-9-7-14(8-10-15)13-19(4)5;1-14(2,3)6-5-7-15-13(18)12-17-10-8-16(4)9-11-17;1-14(2,3)7-4-8-16-13(17)11-12-5-9-15-10-6-12;1-14(2,3)10-5-11-15-21(18,19)13-8-6-12(7-9-13)20(4,16)17;1-12-6-8-13(9-7-12)18(16,17)15-11-5-10-14(2,3)4;1-10(2,3)6-5-7-11-9(12)8-15(4,13)14/h5-8H,10-15H2,1-3H3,(H,20,22);7-10H,12-13H2,1-5H3,(H,18,20);7-12H2,1-4H3,(H,15,18);5-6,9-10H,8,11H2,1-3H3,(H,16,17);6-9,15H,11H2,1-4H3;6-9,15H,11H2,1-4H3;7-8H2,1-4H3,(H,11,12). The van der Waals surface area contributed by atoms with Crippen molar-refractivity contribution in [3.05, 3.63) is 155 Å². The van der Waals surface area contributed by atoms with Crippen molar-refractivity contribution in [1.29, 1.82) is 0 Å². The molecule has 0 atom stereocenters. The Hall–Kier alpha value is -10.2. The topological polar surface area (TPSA) is 341 Å². The highest BCUT2D eigenvalue weighted by molar-refractivity contribution is 7.91. The number of morpholine rings is 1. The van der Waals surface area contributed by atoms with Crippen LogP contribution in [0.15, 0.2) is 136 Å². The van der Waals surface area contributed by atoms with Gasteiger partial charge < -0.3 is 41.1 Å². The lowest BCUT2D eigenvalue weighted by atomic mass is 9.98. The molecule has 0 spiro atoms. The zero-order chi connectivity index (χ0) is 100. The van der Waals surface area contributed by atoms with Crippen LogP contribution in [0.25, 0.3) is 0 Å². The van der Waals surface area contributed by atoms with Crippen molar-refractivity contribution in [1.82, 2.24) is 60.6 Å². The maximum Gasteiger partial charge on any atom is 0.252 e. The summed E-state index contributed by atoms with van der Waals surface area (Å²) < 4.78 is 102. The summed E-state index contributed by atoms with van der Waals surface area (Å²) in [5, 5.41) is 13.7. The number of aromatic nitrogens is 1. The number of likely N-dealkylation sites (N-methyl/N-ethyl adjacent to an activating group) is 1. The second kappa shape index (κ2) is 58.1. The lowest BCUT2D eigenvalue weighted by Crippen LogP contribution is -2.48. The fraction of sp³-hybridized carbons (Fsp3) is 0.529. The number of carbonyl (C=O) groups is 5. The molecule has 30 heteroatoms. The van der Waals surface area contributed by atoms with E-state index in [2.05, 4.69) is 192 Å². The number of rotatable bonds is 24. The highest BCUT2D eigenvalue weighted by Gasteiger charge is 2.20.